The Hall–Kier alpha value is -1.40. The molecular weight excluding hydrogens is 244 g/mol. The van der Waals surface area contributed by atoms with Crippen molar-refractivity contribution in [2.75, 3.05) is 44.5 Å². The highest BCUT2D eigenvalue weighted by atomic mass is 16.5. The second-order valence-corrected chi connectivity index (χ2v) is 4.68. The van der Waals surface area contributed by atoms with Gasteiger partial charge in [0, 0.05) is 40.0 Å². The first-order chi connectivity index (χ1) is 9.31. The molecule has 1 atom stereocenters. The molecule has 0 radical (unpaired) electrons. The molecule has 1 saturated heterocycles. The zero-order chi connectivity index (χ0) is 13.5. The van der Waals surface area contributed by atoms with E-state index in [0.717, 1.165) is 37.8 Å². The highest BCUT2D eigenvalue weighted by Crippen LogP contribution is 2.17. The molecule has 1 fully saturated rings. The summed E-state index contributed by atoms with van der Waals surface area (Å²) in [4.78, 5) is 8.74. The van der Waals surface area contributed by atoms with Crippen LogP contribution in [0, 0.1) is 5.92 Å². The minimum absolute atomic E-state index is 0.417. The lowest BCUT2D eigenvalue weighted by Crippen LogP contribution is -2.11. The Labute approximate surface area is 113 Å². The van der Waals surface area contributed by atoms with Gasteiger partial charge in [0.15, 0.2) is 5.82 Å². The molecule has 0 saturated carbocycles. The normalized spacial score (nSPS) is 18.5. The third kappa shape index (κ3) is 4.33. The van der Waals surface area contributed by atoms with E-state index in [9.17, 15) is 0 Å². The van der Waals surface area contributed by atoms with Gasteiger partial charge in [-0.15, -0.1) is 0 Å². The first kappa shape index (κ1) is 14.0. The van der Waals surface area contributed by atoms with Crippen LogP contribution >= 0.6 is 0 Å². The second-order valence-electron chi connectivity index (χ2n) is 4.68. The Balaban J connectivity index is 1.88. The third-order valence-electron chi connectivity index (χ3n) is 3.18. The molecular formula is C13H22N4O2. The topological polar surface area (TPSA) is 68.3 Å². The van der Waals surface area contributed by atoms with Crippen LogP contribution in [-0.2, 0) is 16.1 Å². The van der Waals surface area contributed by atoms with Gasteiger partial charge in [-0.2, -0.15) is 0 Å². The van der Waals surface area contributed by atoms with Crippen molar-refractivity contribution in [1.82, 2.24) is 9.97 Å². The second kappa shape index (κ2) is 7.25. The van der Waals surface area contributed by atoms with Crippen molar-refractivity contribution in [3.05, 3.63) is 11.9 Å². The largest absolute Gasteiger partial charge is 0.381 e. The van der Waals surface area contributed by atoms with Gasteiger partial charge in [0.05, 0.1) is 0 Å². The van der Waals surface area contributed by atoms with Crippen LogP contribution in [0.3, 0.4) is 0 Å². The number of nitrogens with one attached hydrogen (secondary N) is 2. The van der Waals surface area contributed by atoms with Gasteiger partial charge in [-0.25, -0.2) is 9.97 Å². The smallest absolute Gasteiger partial charge is 0.158 e. The Kier molecular flexibility index (Phi) is 5.35. The van der Waals surface area contributed by atoms with Gasteiger partial charge in [0.1, 0.15) is 18.2 Å². The first-order valence-corrected chi connectivity index (χ1v) is 6.68. The van der Waals surface area contributed by atoms with E-state index in [1.54, 1.807) is 7.11 Å². The minimum Gasteiger partial charge on any atom is -0.381 e. The molecule has 1 aromatic heterocycles. The predicted octanol–water partition coefficient (Wildman–Crippen LogP) is 1.50. The van der Waals surface area contributed by atoms with Crippen molar-refractivity contribution >= 4 is 11.6 Å². The van der Waals surface area contributed by atoms with Crippen molar-refractivity contribution in [3.63, 3.8) is 0 Å². The van der Waals surface area contributed by atoms with Crippen LogP contribution in [0.4, 0.5) is 11.6 Å². The molecule has 0 bridgehead atoms. The molecule has 19 heavy (non-hydrogen) atoms. The highest BCUT2D eigenvalue weighted by Gasteiger charge is 2.14. The van der Waals surface area contributed by atoms with Crippen LogP contribution < -0.4 is 10.6 Å². The lowest BCUT2D eigenvalue weighted by molar-refractivity contribution is 0.178. The predicted molar refractivity (Wildman–Crippen MR) is 74.3 cm³/mol. The molecule has 1 aliphatic heterocycles. The van der Waals surface area contributed by atoms with Gasteiger partial charge < -0.3 is 20.1 Å². The zero-order valence-electron chi connectivity index (χ0n) is 11.6. The van der Waals surface area contributed by atoms with Gasteiger partial charge >= 0.3 is 0 Å². The molecule has 2 heterocycles. The molecule has 0 aromatic carbocycles. The monoisotopic (exact) mass is 266 g/mol. The number of aromatic nitrogens is 2. The van der Waals surface area contributed by atoms with Crippen LogP contribution in [0.1, 0.15) is 18.7 Å². The summed E-state index contributed by atoms with van der Waals surface area (Å²) >= 11 is 0. The number of anilines is 2. The summed E-state index contributed by atoms with van der Waals surface area (Å²) in [6, 6.07) is 1.91. The Morgan fingerprint density at radius 2 is 2.26 bits per heavy atom. The Morgan fingerprint density at radius 1 is 1.42 bits per heavy atom. The van der Waals surface area contributed by atoms with E-state index in [2.05, 4.69) is 20.6 Å². The molecule has 2 N–H and O–H groups in total. The van der Waals surface area contributed by atoms with E-state index < -0.39 is 0 Å². The van der Waals surface area contributed by atoms with Gasteiger partial charge in [0.2, 0.25) is 0 Å². The van der Waals surface area contributed by atoms with E-state index in [1.165, 1.54) is 6.42 Å². The maximum atomic E-state index is 5.37. The quantitative estimate of drug-likeness (QED) is 0.779. The molecule has 0 aliphatic carbocycles. The summed E-state index contributed by atoms with van der Waals surface area (Å²) in [6.07, 6.45) is 2.28. The first-order valence-electron chi connectivity index (χ1n) is 6.68. The standard InChI is InChI=1S/C13H22N4O2/c1-14-11-7-12(17-13(16-11)9-18-2)15-5-3-10-4-6-19-8-10/h7,10H,3-6,8-9H2,1-2H3,(H2,14,15,16,17). The summed E-state index contributed by atoms with van der Waals surface area (Å²) < 4.78 is 10.4. The molecule has 0 amide bonds. The molecule has 0 spiro atoms. The van der Waals surface area contributed by atoms with Gasteiger partial charge in [-0.05, 0) is 18.8 Å². The number of ether oxygens (including phenoxy) is 2. The van der Waals surface area contributed by atoms with Crippen LogP contribution in [0.15, 0.2) is 6.07 Å². The van der Waals surface area contributed by atoms with Crippen LogP contribution in [0.25, 0.3) is 0 Å². The minimum atomic E-state index is 0.417. The van der Waals surface area contributed by atoms with Crippen molar-refractivity contribution in [1.29, 1.82) is 0 Å². The summed E-state index contributed by atoms with van der Waals surface area (Å²) in [5, 5.41) is 6.37. The van der Waals surface area contributed by atoms with E-state index in [-0.39, 0.29) is 0 Å². The van der Waals surface area contributed by atoms with Crippen molar-refractivity contribution < 1.29 is 9.47 Å². The van der Waals surface area contributed by atoms with Gasteiger partial charge in [0.25, 0.3) is 0 Å². The summed E-state index contributed by atoms with van der Waals surface area (Å²) in [7, 11) is 3.49. The number of methoxy groups -OCH3 is 1. The van der Waals surface area contributed by atoms with E-state index in [4.69, 9.17) is 9.47 Å². The maximum absolute atomic E-state index is 5.37. The van der Waals surface area contributed by atoms with Gasteiger partial charge in [-0.3, -0.25) is 0 Å². The molecule has 1 unspecified atom stereocenters. The zero-order valence-corrected chi connectivity index (χ0v) is 11.6. The average Bonchev–Trinajstić information content (AvgIpc) is 2.92. The molecule has 2 rings (SSSR count). The third-order valence-corrected chi connectivity index (χ3v) is 3.18. The number of hydrogen-bond acceptors (Lipinski definition) is 6. The van der Waals surface area contributed by atoms with Gasteiger partial charge in [-0.1, -0.05) is 0 Å². The Bertz CT molecular complexity index is 394. The highest BCUT2D eigenvalue weighted by molar-refractivity contribution is 5.47. The van der Waals surface area contributed by atoms with E-state index in [1.807, 2.05) is 13.1 Å². The molecule has 6 nitrogen and oxygen atoms in total. The Morgan fingerprint density at radius 3 is 2.95 bits per heavy atom. The van der Waals surface area contributed by atoms with E-state index >= 15 is 0 Å². The molecule has 1 aromatic rings. The summed E-state index contributed by atoms with van der Waals surface area (Å²) in [5.74, 6) is 3.00. The fourth-order valence-corrected chi connectivity index (χ4v) is 2.12. The van der Waals surface area contributed by atoms with Crippen molar-refractivity contribution in [2.45, 2.75) is 19.4 Å². The average molecular weight is 266 g/mol. The van der Waals surface area contributed by atoms with Crippen molar-refractivity contribution in [2.24, 2.45) is 5.92 Å². The number of nitrogens with zero attached hydrogens (tertiary/aromatic N) is 2. The summed E-state index contributed by atoms with van der Waals surface area (Å²) in [5.41, 5.74) is 0. The SMILES string of the molecule is CNc1cc(NCCC2CCOC2)nc(COC)n1. The molecule has 6 heteroatoms. The number of hydrogen-bond donors (Lipinski definition) is 2. The lowest BCUT2D eigenvalue weighted by atomic mass is 10.1. The maximum Gasteiger partial charge on any atom is 0.158 e. The van der Waals surface area contributed by atoms with Crippen LogP contribution in [0.5, 0.6) is 0 Å². The lowest BCUT2D eigenvalue weighted by Gasteiger charge is -2.11. The fourth-order valence-electron chi connectivity index (χ4n) is 2.12. The van der Waals surface area contributed by atoms with E-state index in [0.29, 0.717) is 18.3 Å². The van der Waals surface area contributed by atoms with Crippen molar-refractivity contribution in [3.8, 4) is 0 Å². The van der Waals surface area contributed by atoms with Crippen LogP contribution in [0.2, 0.25) is 0 Å². The fraction of sp³-hybridized carbons (Fsp3) is 0.692. The molecule has 106 valence electrons. The van der Waals surface area contributed by atoms with Crippen LogP contribution in [-0.4, -0.2) is 43.9 Å². The summed E-state index contributed by atoms with van der Waals surface area (Å²) in [6.45, 7) is 3.11. The number of rotatable bonds is 7. The molecule has 1 aliphatic rings.